The number of benzene rings is 1. The Morgan fingerprint density at radius 3 is 2.27 bits per heavy atom. The molecule has 0 saturated heterocycles. The van der Waals surface area contributed by atoms with Crippen LogP contribution in [0.5, 0.6) is 11.6 Å². The molecule has 0 aliphatic heterocycles. The Kier molecular flexibility index (Phi) is 6.21. The van der Waals surface area contributed by atoms with Gasteiger partial charge in [0.15, 0.2) is 0 Å². The Bertz CT molecular complexity index is 1070. The number of carboxylic acids is 1. The molecule has 0 spiro atoms. The van der Waals surface area contributed by atoms with E-state index in [2.05, 4.69) is 4.98 Å². The summed E-state index contributed by atoms with van der Waals surface area (Å²) in [4.78, 5) is 16.1. The fourth-order valence-electron chi connectivity index (χ4n) is 4.48. The highest BCUT2D eigenvalue weighted by molar-refractivity contribution is 6.30. The molecule has 4 nitrogen and oxygen atoms in total. The standard InChI is InChI=1S/C22H18ClF6NO3/c1-19(2)14(11-15(23)21(24,25)26)20(19,18(31)32)17(22(27,28)29)12-8-9-30-16(10-12)33-13-6-4-3-5-7-13/h3-11,14,17H,1-2H3,(H,31,32). The molecule has 0 bridgehead atoms. The molecule has 1 aliphatic carbocycles. The molecule has 0 amide bonds. The van der Waals surface area contributed by atoms with E-state index in [1.165, 1.54) is 26.0 Å². The van der Waals surface area contributed by atoms with Gasteiger partial charge >= 0.3 is 18.3 Å². The van der Waals surface area contributed by atoms with E-state index in [1.807, 2.05) is 0 Å². The zero-order chi connectivity index (χ0) is 24.8. The lowest BCUT2D eigenvalue weighted by Crippen LogP contribution is -2.38. The Hall–Kier alpha value is -2.75. The third-order valence-electron chi connectivity index (χ3n) is 6.03. The smallest absolute Gasteiger partial charge is 0.426 e. The van der Waals surface area contributed by atoms with Gasteiger partial charge < -0.3 is 9.84 Å². The van der Waals surface area contributed by atoms with Crippen molar-refractivity contribution in [2.45, 2.75) is 32.1 Å². The molecular formula is C22H18ClF6NO3. The number of hydrogen-bond donors (Lipinski definition) is 1. The molecule has 1 aromatic heterocycles. The van der Waals surface area contributed by atoms with Crippen LogP contribution >= 0.6 is 11.6 Å². The number of aromatic nitrogens is 1. The second-order valence-corrected chi connectivity index (χ2v) is 8.61. The van der Waals surface area contributed by atoms with Gasteiger partial charge in [-0.15, -0.1) is 0 Å². The number of halogens is 7. The lowest BCUT2D eigenvalue weighted by Gasteiger charge is -2.30. The SMILES string of the molecule is CC1(C)C(C=C(Cl)C(F)(F)F)C1(C(=O)O)C(c1ccnc(Oc2ccccc2)c1)C(F)(F)F. The van der Waals surface area contributed by atoms with Crippen molar-refractivity contribution >= 4 is 17.6 Å². The van der Waals surface area contributed by atoms with Crippen molar-refractivity contribution in [1.82, 2.24) is 4.98 Å². The first-order chi connectivity index (χ1) is 15.1. The van der Waals surface area contributed by atoms with Crippen molar-refractivity contribution in [3.8, 4) is 11.6 Å². The van der Waals surface area contributed by atoms with Crippen molar-refractivity contribution < 1.29 is 41.0 Å². The lowest BCUT2D eigenvalue weighted by atomic mass is 9.77. The molecule has 0 radical (unpaired) electrons. The molecule has 1 heterocycles. The predicted molar refractivity (Wildman–Crippen MR) is 107 cm³/mol. The van der Waals surface area contributed by atoms with Gasteiger partial charge in [0.25, 0.3) is 0 Å². The number of carboxylic acid groups (broad SMARTS) is 1. The van der Waals surface area contributed by atoms with Crippen molar-refractivity contribution in [2.24, 2.45) is 16.7 Å². The topological polar surface area (TPSA) is 59.4 Å². The van der Waals surface area contributed by atoms with Gasteiger partial charge in [-0.2, -0.15) is 26.3 Å². The van der Waals surface area contributed by atoms with Gasteiger partial charge in [0, 0.05) is 18.2 Å². The summed E-state index contributed by atoms with van der Waals surface area (Å²) in [5, 5.41) is 8.25. The number of allylic oxidation sites excluding steroid dienone is 2. The molecule has 1 aliphatic rings. The normalized spacial score (nSPS) is 23.7. The number of hydrogen-bond acceptors (Lipinski definition) is 3. The van der Waals surface area contributed by atoms with E-state index < -0.39 is 51.6 Å². The minimum atomic E-state index is -5.12. The van der Waals surface area contributed by atoms with Crippen molar-refractivity contribution in [3.05, 3.63) is 65.3 Å². The Labute approximate surface area is 189 Å². The molecule has 178 valence electrons. The maximum Gasteiger partial charge on any atom is 0.426 e. The van der Waals surface area contributed by atoms with E-state index in [0.717, 1.165) is 18.3 Å². The number of ether oxygens (including phenoxy) is 1. The predicted octanol–water partition coefficient (Wildman–Crippen LogP) is 6.93. The molecule has 1 N–H and O–H groups in total. The first-order valence-electron chi connectivity index (χ1n) is 9.57. The van der Waals surface area contributed by atoms with Crippen LogP contribution in [0.4, 0.5) is 26.3 Å². The number of aliphatic carboxylic acids is 1. The highest BCUT2D eigenvalue weighted by Gasteiger charge is 2.82. The van der Waals surface area contributed by atoms with Gasteiger partial charge in [0.1, 0.15) is 10.8 Å². The monoisotopic (exact) mass is 493 g/mol. The van der Waals surface area contributed by atoms with E-state index in [4.69, 9.17) is 16.3 Å². The Morgan fingerprint density at radius 2 is 1.76 bits per heavy atom. The molecule has 1 fully saturated rings. The maximum atomic E-state index is 14.3. The summed E-state index contributed by atoms with van der Waals surface area (Å²) in [7, 11) is 0. The number of rotatable bonds is 6. The van der Waals surface area contributed by atoms with Gasteiger partial charge in [-0.25, -0.2) is 4.98 Å². The summed E-state index contributed by atoms with van der Waals surface area (Å²) >= 11 is 5.26. The van der Waals surface area contributed by atoms with Crippen molar-refractivity contribution in [2.75, 3.05) is 0 Å². The molecule has 3 unspecified atom stereocenters. The van der Waals surface area contributed by atoms with Gasteiger partial charge in [-0.1, -0.05) is 49.7 Å². The van der Waals surface area contributed by atoms with E-state index in [9.17, 15) is 36.2 Å². The average Bonchev–Trinajstić information content (AvgIpc) is 3.16. The van der Waals surface area contributed by atoms with Crippen LogP contribution in [0.25, 0.3) is 0 Å². The van der Waals surface area contributed by atoms with E-state index in [-0.39, 0.29) is 11.6 Å². The van der Waals surface area contributed by atoms with Crippen LogP contribution in [0.3, 0.4) is 0 Å². The van der Waals surface area contributed by atoms with Crippen LogP contribution in [0.15, 0.2) is 59.8 Å². The molecule has 3 rings (SSSR count). The van der Waals surface area contributed by atoms with Gasteiger partial charge in [-0.05, 0) is 29.2 Å². The van der Waals surface area contributed by atoms with Crippen LogP contribution in [0.2, 0.25) is 0 Å². The van der Waals surface area contributed by atoms with Crippen LogP contribution in [-0.2, 0) is 4.79 Å². The summed E-state index contributed by atoms with van der Waals surface area (Å²) in [5.74, 6) is -6.13. The lowest BCUT2D eigenvalue weighted by molar-refractivity contribution is -0.183. The summed E-state index contributed by atoms with van der Waals surface area (Å²) in [6.45, 7) is 2.34. The first-order valence-corrected chi connectivity index (χ1v) is 9.94. The summed E-state index contributed by atoms with van der Waals surface area (Å²) < 4.78 is 87.4. The fraction of sp³-hybridized carbons (Fsp3) is 0.364. The number of carbonyl (C=O) groups is 1. The highest BCUT2D eigenvalue weighted by atomic mass is 35.5. The highest BCUT2D eigenvalue weighted by Crippen LogP contribution is 2.77. The second-order valence-electron chi connectivity index (χ2n) is 8.20. The first kappa shape index (κ1) is 24.9. The number of alkyl halides is 6. The molecule has 2 aromatic rings. The summed E-state index contributed by atoms with van der Waals surface area (Å²) in [5.41, 5.74) is -4.84. The molecule has 1 saturated carbocycles. The number of pyridine rings is 1. The zero-order valence-corrected chi connectivity index (χ0v) is 18.0. The molecule has 33 heavy (non-hydrogen) atoms. The second kappa shape index (κ2) is 8.23. The van der Waals surface area contributed by atoms with Gasteiger partial charge in [0.2, 0.25) is 5.88 Å². The molecule has 1 aromatic carbocycles. The van der Waals surface area contributed by atoms with E-state index >= 15 is 0 Å². The third-order valence-corrected chi connectivity index (χ3v) is 6.37. The number of nitrogens with zero attached hydrogens (tertiary/aromatic N) is 1. The van der Waals surface area contributed by atoms with Crippen molar-refractivity contribution in [1.29, 1.82) is 0 Å². The average molecular weight is 494 g/mol. The third kappa shape index (κ3) is 4.40. The van der Waals surface area contributed by atoms with Crippen LogP contribution in [0.1, 0.15) is 25.3 Å². The molecular weight excluding hydrogens is 476 g/mol. The summed E-state index contributed by atoms with van der Waals surface area (Å²) in [6.07, 6.45) is -8.76. The minimum Gasteiger partial charge on any atom is -0.481 e. The Balaban J connectivity index is 2.12. The van der Waals surface area contributed by atoms with Crippen LogP contribution in [-0.4, -0.2) is 28.4 Å². The van der Waals surface area contributed by atoms with Gasteiger partial charge in [0.05, 0.1) is 11.3 Å². The van der Waals surface area contributed by atoms with Crippen LogP contribution in [0, 0.1) is 16.7 Å². The summed E-state index contributed by atoms with van der Waals surface area (Å²) in [6, 6.07) is 9.95. The quantitative estimate of drug-likeness (QED) is 0.443. The number of para-hydroxylation sites is 1. The zero-order valence-electron chi connectivity index (χ0n) is 17.2. The van der Waals surface area contributed by atoms with Crippen LogP contribution < -0.4 is 4.74 Å². The van der Waals surface area contributed by atoms with E-state index in [1.54, 1.807) is 18.2 Å². The van der Waals surface area contributed by atoms with Gasteiger partial charge in [-0.3, -0.25) is 4.79 Å². The van der Waals surface area contributed by atoms with Crippen molar-refractivity contribution in [3.63, 3.8) is 0 Å². The maximum absolute atomic E-state index is 14.3. The molecule has 11 heteroatoms. The minimum absolute atomic E-state index is 0.229. The largest absolute Gasteiger partial charge is 0.481 e. The van der Waals surface area contributed by atoms with E-state index in [0.29, 0.717) is 6.08 Å². The fourth-order valence-corrected chi connectivity index (χ4v) is 4.61. The Morgan fingerprint density at radius 1 is 1.15 bits per heavy atom. The molecule has 3 atom stereocenters.